The van der Waals surface area contributed by atoms with Crippen LogP contribution in [-0.4, -0.2) is 41.3 Å². The highest BCUT2D eigenvalue weighted by Crippen LogP contribution is 2.41. The van der Waals surface area contributed by atoms with Crippen molar-refractivity contribution in [2.45, 2.75) is 18.6 Å². The number of hydrogen-bond acceptors (Lipinski definition) is 7. The molecule has 1 aromatic heterocycles. The number of methoxy groups -OCH3 is 1. The Labute approximate surface area is 111 Å². The van der Waals surface area contributed by atoms with Gasteiger partial charge in [0.2, 0.25) is 5.95 Å². The van der Waals surface area contributed by atoms with E-state index in [1.807, 2.05) is 0 Å². The topological polar surface area (TPSA) is 80.0 Å². The molecule has 10 heteroatoms. The van der Waals surface area contributed by atoms with Crippen LogP contribution in [0.4, 0.5) is 19.1 Å². The Balaban J connectivity index is 2.55. The van der Waals surface area contributed by atoms with Gasteiger partial charge >= 0.3 is 12.1 Å². The smallest absolute Gasteiger partial charge is 0.426 e. The molecule has 0 saturated carbocycles. The lowest BCUT2D eigenvalue weighted by molar-refractivity contribution is -0.200. The van der Waals surface area contributed by atoms with Crippen molar-refractivity contribution in [1.29, 1.82) is 0 Å². The van der Waals surface area contributed by atoms with Crippen LogP contribution in [0.15, 0.2) is 22.6 Å². The molecule has 1 aliphatic heterocycles. The zero-order valence-corrected chi connectivity index (χ0v) is 10.5. The summed E-state index contributed by atoms with van der Waals surface area (Å²) < 4.78 is 44.4. The van der Waals surface area contributed by atoms with Gasteiger partial charge in [-0.15, -0.1) is 0 Å². The number of carbonyl (C=O) groups excluding carboxylic acids is 1. The first kappa shape index (κ1) is 14.2. The van der Waals surface area contributed by atoms with Gasteiger partial charge in [-0.05, 0) is 13.0 Å². The van der Waals surface area contributed by atoms with Crippen LogP contribution in [0.5, 0.6) is 0 Å². The van der Waals surface area contributed by atoms with Gasteiger partial charge in [0, 0.05) is 11.9 Å². The molecule has 0 saturated heterocycles. The fourth-order valence-corrected chi connectivity index (χ4v) is 1.73. The lowest BCUT2D eigenvalue weighted by Gasteiger charge is -2.33. The zero-order valence-electron chi connectivity index (χ0n) is 10.5. The van der Waals surface area contributed by atoms with Crippen LogP contribution >= 0.6 is 0 Å². The summed E-state index contributed by atoms with van der Waals surface area (Å²) in [4.78, 5) is 19.2. The highest BCUT2D eigenvalue weighted by atomic mass is 19.4. The second kappa shape index (κ2) is 4.69. The summed E-state index contributed by atoms with van der Waals surface area (Å²) >= 11 is 0. The first-order valence-corrected chi connectivity index (χ1v) is 5.45. The number of anilines is 1. The number of ether oxygens (including phenoxy) is 1. The number of aromatic nitrogens is 2. The van der Waals surface area contributed by atoms with Gasteiger partial charge in [-0.2, -0.15) is 23.3 Å². The van der Waals surface area contributed by atoms with E-state index in [0.29, 0.717) is 10.7 Å². The predicted molar refractivity (Wildman–Crippen MR) is 59.8 cm³/mol. The predicted octanol–water partition coefficient (Wildman–Crippen LogP) is 1.45. The van der Waals surface area contributed by atoms with E-state index < -0.39 is 24.2 Å². The van der Waals surface area contributed by atoms with Crippen LogP contribution < -0.4 is 5.01 Å². The molecule has 20 heavy (non-hydrogen) atoms. The van der Waals surface area contributed by atoms with Crippen LogP contribution in [0.25, 0.3) is 0 Å². The van der Waals surface area contributed by atoms with Gasteiger partial charge in [0.15, 0.2) is 0 Å². The first-order chi connectivity index (χ1) is 9.33. The third-order valence-electron chi connectivity index (χ3n) is 2.78. The Morgan fingerprint density at radius 2 is 2.20 bits per heavy atom. The van der Waals surface area contributed by atoms with Gasteiger partial charge < -0.3 is 4.74 Å². The summed E-state index contributed by atoms with van der Waals surface area (Å²) in [6.45, 7) is 0.673. The molecule has 0 amide bonds. The maximum Gasteiger partial charge on any atom is 0.426 e. The molecule has 0 bridgehead atoms. The van der Waals surface area contributed by atoms with Crippen LogP contribution in [0.2, 0.25) is 0 Å². The van der Waals surface area contributed by atoms with E-state index in [1.165, 1.54) is 12.3 Å². The third kappa shape index (κ3) is 1.96. The Bertz CT molecular complexity index is 562. The molecule has 0 spiro atoms. The number of carbonyl (C=O) groups is 1. The lowest BCUT2D eigenvalue weighted by atomic mass is 9.99. The Kier molecular flexibility index (Phi) is 3.32. The number of nitrogens with zero attached hydrogens (tertiary/aromatic N) is 5. The maximum absolute atomic E-state index is 13.4. The van der Waals surface area contributed by atoms with Gasteiger partial charge in [0.25, 0.3) is 5.54 Å². The number of rotatable bonds is 2. The second-order valence-corrected chi connectivity index (χ2v) is 4.05. The van der Waals surface area contributed by atoms with E-state index in [2.05, 4.69) is 25.0 Å². The monoisotopic (exact) mass is 289 g/mol. The Morgan fingerprint density at radius 3 is 2.75 bits per heavy atom. The molecule has 2 heterocycles. The highest BCUT2D eigenvalue weighted by Gasteiger charge is 2.69. The van der Waals surface area contributed by atoms with E-state index in [-0.39, 0.29) is 5.95 Å². The van der Waals surface area contributed by atoms with E-state index in [4.69, 9.17) is 0 Å². The molecule has 108 valence electrons. The van der Waals surface area contributed by atoms with Crippen molar-refractivity contribution in [3.63, 3.8) is 0 Å². The van der Waals surface area contributed by atoms with Crippen molar-refractivity contribution < 1.29 is 22.7 Å². The standard InChI is InChI=1S/C10H10F3N5O2/c1-6-3-4-14-8(16-6)18-9(5-15-17-18,7(19)20-2)10(11,12)13/h3-4H,5H2,1-2H3. The average Bonchev–Trinajstić information content (AvgIpc) is 2.83. The third-order valence-corrected chi connectivity index (χ3v) is 2.78. The van der Waals surface area contributed by atoms with Crippen molar-refractivity contribution >= 4 is 11.9 Å². The number of hydrogen-bond donors (Lipinski definition) is 0. The van der Waals surface area contributed by atoms with Crippen molar-refractivity contribution in [2.75, 3.05) is 18.7 Å². The molecule has 1 aromatic rings. The van der Waals surface area contributed by atoms with Crippen LogP contribution in [-0.2, 0) is 9.53 Å². The largest absolute Gasteiger partial charge is 0.467 e. The molecule has 1 aliphatic rings. The summed E-state index contributed by atoms with van der Waals surface area (Å²) in [6, 6.07) is 1.50. The highest BCUT2D eigenvalue weighted by molar-refractivity contribution is 5.86. The Hall–Kier alpha value is -2.26. The van der Waals surface area contributed by atoms with Crippen LogP contribution in [0.1, 0.15) is 5.69 Å². The van der Waals surface area contributed by atoms with E-state index in [1.54, 1.807) is 6.92 Å². The van der Waals surface area contributed by atoms with Gasteiger partial charge in [-0.3, -0.25) is 0 Å². The quantitative estimate of drug-likeness (QED) is 0.770. The van der Waals surface area contributed by atoms with Gasteiger partial charge in [0.1, 0.15) is 6.54 Å². The molecular formula is C10H10F3N5O2. The zero-order chi connectivity index (χ0) is 15.0. The number of aryl methyl sites for hydroxylation is 1. The number of esters is 1. The fraction of sp³-hybridized carbons (Fsp3) is 0.500. The van der Waals surface area contributed by atoms with Crippen molar-refractivity contribution in [3.05, 3.63) is 18.0 Å². The van der Waals surface area contributed by atoms with Gasteiger partial charge in [0.05, 0.1) is 7.11 Å². The normalized spacial score (nSPS) is 22.1. The molecule has 2 rings (SSSR count). The Morgan fingerprint density at radius 1 is 1.50 bits per heavy atom. The summed E-state index contributed by atoms with van der Waals surface area (Å²) in [5.41, 5.74) is -2.60. The number of halogens is 3. The minimum Gasteiger partial charge on any atom is -0.467 e. The molecule has 0 radical (unpaired) electrons. The molecule has 1 atom stereocenters. The minimum atomic E-state index is -4.95. The molecular weight excluding hydrogens is 279 g/mol. The molecule has 0 aromatic carbocycles. The van der Waals surface area contributed by atoms with Crippen LogP contribution in [0.3, 0.4) is 0 Å². The SMILES string of the molecule is COC(=O)C1(C(F)(F)F)CN=NN1c1nccc(C)n1. The molecule has 0 aliphatic carbocycles. The van der Waals surface area contributed by atoms with Gasteiger partial charge in [-0.25, -0.2) is 14.8 Å². The number of alkyl halides is 3. The van der Waals surface area contributed by atoms with Gasteiger partial charge in [-0.1, -0.05) is 5.22 Å². The summed E-state index contributed by atoms with van der Waals surface area (Å²) in [6.07, 6.45) is -3.68. The van der Waals surface area contributed by atoms with E-state index in [0.717, 1.165) is 7.11 Å². The van der Waals surface area contributed by atoms with Crippen LogP contribution in [0, 0.1) is 6.92 Å². The second-order valence-electron chi connectivity index (χ2n) is 4.05. The van der Waals surface area contributed by atoms with Crippen molar-refractivity contribution in [2.24, 2.45) is 10.3 Å². The lowest BCUT2D eigenvalue weighted by Crippen LogP contribution is -2.63. The molecule has 0 N–H and O–H groups in total. The van der Waals surface area contributed by atoms with E-state index >= 15 is 0 Å². The molecule has 7 nitrogen and oxygen atoms in total. The van der Waals surface area contributed by atoms with E-state index in [9.17, 15) is 18.0 Å². The first-order valence-electron chi connectivity index (χ1n) is 5.45. The summed E-state index contributed by atoms with van der Waals surface area (Å²) in [5.74, 6) is -1.88. The fourth-order valence-electron chi connectivity index (χ4n) is 1.73. The molecule has 0 fully saturated rings. The van der Waals surface area contributed by atoms with Crippen molar-refractivity contribution in [1.82, 2.24) is 9.97 Å². The van der Waals surface area contributed by atoms with Crippen molar-refractivity contribution in [3.8, 4) is 0 Å². The maximum atomic E-state index is 13.4. The average molecular weight is 289 g/mol. The minimum absolute atomic E-state index is 0.353. The molecule has 1 unspecified atom stereocenters. The summed E-state index contributed by atoms with van der Waals surface area (Å²) in [7, 11) is 0.865. The summed E-state index contributed by atoms with van der Waals surface area (Å²) in [5, 5.41) is 7.01.